The third kappa shape index (κ3) is 4.23. The smallest absolute Gasteiger partial charge is 0.457 e. The molecule has 0 aromatic heterocycles. The average Bonchev–Trinajstić information content (AvgIpc) is 3.09. The zero-order chi connectivity index (χ0) is 20.5. The lowest BCUT2D eigenvalue weighted by atomic mass is 10.0. The number of alkyl halides is 6. The highest BCUT2D eigenvalue weighted by Gasteiger charge is 2.46. The van der Waals surface area contributed by atoms with Gasteiger partial charge < -0.3 is 9.64 Å². The quantitative estimate of drug-likeness (QED) is 0.613. The normalized spacial score (nSPS) is 17.6. The van der Waals surface area contributed by atoms with E-state index in [1.165, 1.54) is 6.07 Å². The van der Waals surface area contributed by atoms with Crippen molar-refractivity contribution in [2.45, 2.75) is 31.2 Å². The van der Waals surface area contributed by atoms with Gasteiger partial charge in [0, 0.05) is 12.1 Å². The summed E-state index contributed by atoms with van der Waals surface area (Å²) >= 11 is 0. The second-order valence-corrected chi connectivity index (χ2v) is 6.32. The Balaban J connectivity index is 1.86. The molecular formula is C19H15F6NO2. The van der Waals surface area contributed by atoms with Crippen molar-refractivity contribution in [1.29, 1.82) is 0 Å². The Kier molecular flexibility index (Phi) is 5.27. The molecule has 1 saturated heterocycles. The first-order chi connectivity index (χ1) is 13.1. The van der Waals surface area contributed by atoms with Gasteiger partial charge in [-0.3, -0.25) is 4.79 Å². The Bertz CT molecular complexity index is 845. The second kappa shape index (κ2) is 7.37. The fourth-order valence-electron chi connectivity index (χ4n) is 3.18. The summed E-state index contributed by atoms with van der Waals surface area (Å²) < 4.78 is 82.2. The van der Waals surface area contributed by atoms with Crippen LogP contribution in [0.15, 0.2) is 48.5 Å². The van der Waals surface area contributed by atoms with E-state index in [0.717, 1.165) is 29.2 Å². The first-order valence-electron chi connectivity index (χ1n) is 8.39. The first-order valence-corrected chi connectivity index (χ1v) is 8.39. The summed E-state index contributed by atoms with van der Waals surface area (Å²) in [4.78, 5) is 12.5. The van der Waals surface area contributed by atoms with Crippen molar-refractivity contribution >= 4 is 5.91 Å². The van der Waals surface area contributed by atoms with Gasteiger partial charge in [-0.1, -0.05) is 18.2 Å². The maximum Gasteiger partial charge on any atom is 0.471 e. The van der Waals surface area contributed by atoms with Crippen molar-refractivity contribution in [1.82, 2.24) is 4.90 Å². The Morgan fingerprint density at radius 2 is 1.61 bits per heavy atom. The van der Waals surface area contributed by atoms with Gasteiger partial charge in [0.1, 0.15) is 11.5 Å². The van der Waals surface area contributed by atoms with Crippen LogP contribution in [0.5, 0.6) is 11.5 Å². The summed E-state index contributed by atoms with van der Waals surface area (Å²) in [6.45, 7) is -0.0301. The van der Waals surface area contributed by atoms with Gasteiger partial charge in [-0.25, -0.2) is 0 Å². The number of halogens is 6. The Labute approximate surface area is 156 Å². The molecule has 3 nitrogen and oxygen atoms in total. The number of amides is 1. The van der Waals surface area contributed by atoms with E-state index in [-0.39, 0.29) is 18.0 Å². The molecule has 0 radical (unpaired) electrons. The maximum atomic E-state index is 12.9. The van der Waals surface area contributed by atoms with Crippen LogP contribution in [0.2, 0.25) is 0 Å². The summed E-state index contributed by atoms with van der Waals surface area (Å²) in [5.41, 5.74) is -0.469. The van der Waals surface area contributed by atoms with E-state index in [1.807, 2.05) is 0 Å². The average molecular weight is 403 g/mol. The lowest BCUT2D eigenvalue weighted by Gasteiger charge is -2.27. The molecule has 0 N–H and O–H groups in total. The summed E-state index contributed by atoms with van der Waals surface area (Å²) in [6, 6.07) is 9.39. The molecule has 0 bridgehead atoms. The number of likely N-dealkylation sites (tertiary alicyclic amines) is 1. The molecule has 150 valence electrons. The van der Waals surface area contributed by atoms with Crippen LogP contribution >= 0.6 is 0 Å². The van der Waals surface area contributed by atoms with Crippen LogP contribution in [0.3, 0.4) is 0 Å². The van der Waals surface area contributed by atoms with Crippen molar-refractivity contribution in [2.75, 3.05) is 6.54 Å². The molecule has 0 aliphatic carbocycles. The number of carbonyl (C=O) groups is 1. The molecule has 1 unspecified atom stereocenters. The minimum atomic E-state index is -4.98. The maximum absolute atomic E-state index is 12.9. The molecule has 3 rings (SSSR count). The predicted molar refractivity (Wildman–Crippen MR) is 87.7 cm³/mol. The van der Waals surface area contributed by atoms with Crippen LogP contribution < -0.4 is 4.74 Å². The Morgan fingerprint density at radius 1 is 0.964 bits per heavy atom. The standard InChI is InChI=1S/C19H15F6NO2/c20-18(21,22)12-7-9-13(10-8-12)28-16-6-2-1-4-14(16)15-5-3-11-26(15)17(27)19(23,24)25/h1-2,4,6-10,15H,3,5,11H2. The fraction of sp³-hybridized carbons (Fsp3) is 0.316. The van der Waals surface area contributed by atoms with E-state index >= 15 is 0 Å². The van der Waals surface area contributed by atoms with Gasteiger partial charge in [-0.15, -0.1) is 0 Å². The SMILES string of the molecule is O=C(N1CCCC1c1ccccc1Oc1ccc(C(F)(F)F)cc1)C(F)(F)F. The molecule has 1 atom stereocenters. The monoisotopic (exact) mass is 403 g/mol. The van der Waals surface area contributed by atoms with E-state index in [2.05, 4.69) is 0 Å². The minimum Gasteiger partial charge on any atom is -0.457 e. The minimum absolute atomic E-state index is 0.0301. The lowest BCUT2D eigenvalue weighted by molar-refractivity contribution is -0.186. The first kappa shape index (κ1) is 20.0. The van der Waals surface area contributed by atoms with Crippen LogP contribution in [0.25, 0.3) is 0 Å². The van der Waals surface area contributed by atoms with E-state index in [1.54, 1.807) is 18.2 Å². The number of benzene rings is 2. The number of hydrogen-bond donors (Lipinski definition) is 0. The molecule has 1 amide bonds. The van der Waals surface area contributed by atoms with Crippen LogP contribution in [-0.4, -0.2) is 23.5 Å². The van der Waals surface area contributed by atoms with Crippen molar-refractivity contribution in [2.24, 2.45) is 0 Å². The van der Waals surface area contributed by atoms with Crippen molar-refractivity contribution in [3.63, 3.8) is 0 Å². The zero-order valence-corrected chi connectivity index (χ0v) is 14.3. The molecule has 2 aromatic rings. The highest BCUT2D eigenvalue weighted by Crippen LogP contribution is 2.40. The molecule has 2 aromatic carbocycles. The molecule has 28 heavy (non-hydrogen) atoms. The van der Waals surface area contributed by atoms with Crippen molar-refractivity contribution in [3.8, 4) is 11.5 Å². The van der Waals surface area contributed by atoms with Crippen LogP contribution in [0.4, 0.5) is 26.3 Å². The number of ether oxygens (including phenoxy) is 1. The second-order valence-electron chi connectivity index (χ2n) is 6.32. The molecule has 9 heteroatoms. The van der Waals surface area contributed by atoms with Gasteiger partial charge in [-0.05, 0) is 43.2 Å². The number of nitrogens with zero attached hydrogens (tertiary/aromatic N) is 1. The van der Waals surface area contributed by atoms with Crippen LogP contribution in [0, 0.1) is 0 Å². The van der Waals surface area contributed by atoms with Gasteiger partial charge in [0.25, 0.3) is 0 Å². The number of carbonyl (C=O) groups excluding carboxylic acids is 1. The van der Waals surface area contributed by atoms with E-state index in [4.69, 9.17) is 4.74 Å². The summed E-state index contributed by atoms with van der Waals surface area (Å²) in [5.74, 6) is -1.62. The van der Waals surface area contributed by atoms with Gasteiger partial charge in [0.15, 0.2) is 0 Å². The van der Waals surface area contributed by atoms with Gasteiger partial charge in [0.05, 0.1) is 11.6 Å². The summed E-state index contributed by atoms with van der Waals surface area (Å²) in [6.07, 6.45) is -8.74. The van der Waals surface area contributed by atoms with E-state index < -0.39 is 29.9 Å². The summed E-state index contributed by atoms with van der Waals surface area (Å²) in [7, 11) is 0. The van der Waals surface area contributed by atoms with Gasteiger partial charge in [-0.2, -0.15) is 26.3 Å². The number of para-hydroxylation sites is 1. The van der Waals surface area contributed by atoms with Gasteiger partial charge in [0.2, 0.25) is 0 Å². The number of hydrogen-bond acceptors (Lipinski definition) is 2. The Hall–Kier alpha value is -2.71. The molecule has 1 aliphatic heterocycles. The molecule has 1 aliphatic rings. The molecule has 1 heterocycles. The van der Waals surface area contributed by atoms with E-state index in [9.17, 15) is 31.1 Å². The predicted octanol–water partition coefficient (Wildman–Crippen LogP) is 5.72. The zero-order valence-electron chi connectivity index (χ0n) is 14.3. The lowest BCUT2D eigenvalue weighted by Crippen LogP contribution is -2.40. The van der Waals surface area contributed by atoms with Crippen molar-refractivity contribution in [3.05, 3.63) is 59.7 Å². The van der Waals surface area contributed by atoms with Crippen LogP contribution in [-0.2, 0) is 11.0 Å². The van der Waals surface area contributed by atoms with Gasteiger partial charge >= 0.3 is 18.3 Å². The molecule has 0 saturated carbocycles. The highest BCUT2D eigenvalue weighted by atomic mass is 19.4. The third-order valence-electron chi connectivity index (χ3n) is 4.44. The molecule has 0 spiro atoms. The third-order valence-corrected chi connectivity index (χ3v) is 4.44. The van der Waals surface area contributed by atoms with Crippen molar-refractivity contribution < 1.29 is 35.9 Å². The summed E-state index contributed by atoms with van der Waals surface area (Å²) in [5, 5.41) is 0. The fourth-order valence-corrected chi connectivity index (χ4v) is 3.18. The molecular weight excluding hydrogens is 388 g/mol. The topological polar surface area (TPSA) is 29.5 Å². The van der Waals surface area contributed by atoms with Crippen LogP contribution in [0.1, 0.15) is 30.0 Å². The largest absolute Gasteiger partial charge is 0.471 e. The molecule has 1 fully saturated rings. The van der Waals surface area contributed by atoms with E-state index in [0.29, 0.717) is 18.4 Å². The Morgan fingerprint density at radius 3 is 2.21 bits per heavy atom. The number of rotatable bonds is 3. The highest BCUT2D eigenvalue weighted by molar-refractivity contribution is 5.82.